The topological polar surface area (TPSA) is 128 Å². The van der Waals surface area contributed by atoms with E-state index in [2.05, 4.69) is 5.32 Å². The maximum Gasteiger partial charge on any atom is 0.311 e. The summed E-state index contributed by atoms with van der Waals surface area (Å²) in [5, 5.41) is 2.80. The van der Waals surface area contributed by atoms with Gasteiger partial charge in [-0.15, -0.1) is 0 Å². The Bertz CT molecular complexity index is 725. The average Bonchev–Trinajstić information content (AvgIpc) is 2.67. The minimum absolute atomic E-state index is 0.0716. The molecule has 1 saturated heterocycles. The van der Waals surface area contributed by atoms with Gasteiger partial charge in [-0.25, -0.2) is 5.48 Å². The lowest BCUT2D eigenvalue weighted by molar-refractivity contribution is -0.158. The maximum atomic E-state index is 13.1. The van der Waals surface area contributed by atoms with Crippen LogP contribution in [0.2, 0.25) is 0 Å². The molecule has 1 heterocycles. The quantitative estimate of drug-likeness (QED) is 0.332. The standard InChI is InChI=1S/C24H40N2O7/c1-14(2)8-16(11-20(28)32-13-24(5,6)7)22(30)25-18(9-15(3)4)19(27)10-17-12-33-26-23(31)21(17)29/h14-18H,8-13H2,1-7H3,(H,25,30)(H,26,31). The predicted molar refractivity (Wildman–Crippen MR) is 122 cm³/mol. The molecular formula is C24H40N2O7. The van der Waals surface area contributed by atoms with Crippen LogP contribution >= 0.6 is 0 Å². The third-order valence-electron chi connectivity index (χ3n) is 5.11. The van der Waals surface area contributed by atoms with E-state index in [1.165, 1.54) is 0 Å². The summed E-state index contributed by atoms with van der Waals surface area (Å²) in [7, 11) is 0. The third-order valence-corrected chi connectivity index (χ3v) is 5.11. The molecule has 0 saturated carbocycles. The molecule has 33 heavy (non-hydrogen) atoms. The van der Waals surface area contributed by atoms with E-state index in [1.807, 2.05) is 53.9 Å². The molecule has 1 aliphatic rings. The number of hydrogen-bond acceptors (Lipinski definition) is 7. The molecule has 0 aromatic heterocycles. The lowest BCUT2D eigenvalue weighted by Crippen LogP contribution is -2.48. The van der Waals surface area contributed by atoms with Crippen molar-refractivity contribution in [1.29, 1.82) is 0 Å². The average molecular weight is 469 g/mol. The molecule has 0 aromatic rings. The van der Waals surface area contributed by atoms with Gasteiger partial charge < -0.3 is 10.1 Å². The van der Waals surface area contributed by atoms with Gasteiger partial charge in [-0.1, -0.05) is 48.5 Å². The first-order valence-corrected chi connectivity index (χ1v) is 11.6. The van der Waals surface area contributed by atoms with Gasteiger partial charge in [0.25, 0.3) is 0 Å². The summed E-state index contributed by atoms with van der Waals surface area (Å²) in [5.74, 6) is -4.02. The number of rotatable bonds is 12. The monoisotopic (exact) mass is 468 g/mol. The number of ketones is 2. The van der Waals surface area contributed by atoms with Crippen LogP contribution in [-0.4, -0.2) is 48.6 Å². The first-order valence-electron chi connectivity index (χ1n) is 11.6. The van der Waals surface area contributed by atoms with Crippen LogP contribution in [0.25, 0.3) is 0 Å². The second-order valence-corrected chi connectivity index (χ2v) is 10.9. The van der Waals surface area contributed by atoms with Gasteiger partial charge in [0.2, 0.25) is 11.7 Å². The lowest BCUT2D eigenvalue weighted by atomic mass is 9.89. The highest BCUT2D eigenvalue weighted by Crippen LogP contribution is 2.21. The molecule has 2 N–H and O–H groups in total. The van der Waals surface area contributed by atoms with Crippen LogP contribution in [0, 0.1) is 29.1 Å². The number of hydroxylamine groups is 1. The molecule has 0 spiro atoms. The Labute approximate surface area is 196 Å². The molecule has 9 heteroatoms. The second-order valence-electron chi connectivity index (χ2n) is 10.9. The van der Waals surface area contributed by atoms with E-state index in [0.717, 1.165) is 0 Å². The van der Waals surface area contributed by atoms with Crippen molar-refractivity contribution >= 4 is 29.4 Å². The van der Waals surface area contributed by atoms with E-state index in [4.69, 9.17) is 9.57 Å². The van der Waals surface area contributed by atoms with Gasteiger partial charge in [0.1, 0.15) is 0 Å². The highest BCUT2D eigenvalue weighted by molar-refractivity contribution is 6.37. The summed E-state index contributed by atoms with van der Waals surface area (Å²) in [6, 6.07) is -0.824. The summed E-state index contributed by atoms with van der Waals surface area (Å²) in [4.78, 5) is 66.8. The Hall–Kier alpha value is -2.29. The van der Waals surface area contributed by atoms with Gasteiger partial charge >= 0.3 is 11.9 Å². The highest BCUT2D eigenvalue weighted by atomic mass is 16.7. The van der Waals surface area contributed by atoms with Crippen LogP contribution in [0.3, 0.4) is 0 Å². The van der Waals surface area contributed by atoms with Crippen molar-refractivity contribution in [2.45, 2.75) is 80.2 Å². The van der Waals surface area contributed by atoms with Crippen molar-refractivity contribution in [3.05, 3.63) is 0 Å². The Morgan fingerprint density at radius 2 is 1.70 bits per heavy atom. The molecular weight excluding hydrogens is 428 g/mol. The van der Waals surface area contributed by atoms with E-state index >= 15 is 0 Å². The summed E-state index contributed by atoms with van der Waals surface area (Å²) >= 11 is 0. The molecule has 0 radical (unpaired) electrons. The molecule has 9 nitrogen and oxygen atoms in total. The van der Waals surface area contributed by atoms with Crippen LogP contribution < -0.4 is 10.8 Å². The van der Waals surface area contributed by atoms with E-state index in [-0.39, 0.29) is 55.0 Å². The number of Topliss-reactive ketones (excluding diaryl/α,β-unsaturated/α-hetero) is 2. The van der Waals surface area contributed by atoms with Gasteiger partial charge in [-0.2, -0.15) is 0 Å². The fourth-order valence-corrected chi connectivity index (χ4v) is 3.50. The zero-order valence-electron chi connectivity index (χ0n) is 21.0. The van der Waals surface area contributed by atoms with Crippen LogP contribution in [0.1, 0.15) is 74.1 Å². The van der Waals surface area contributed by atoms with Crippen LogP contribution in [0.15, 0.2) is 0 Å². The van der Waals surface area contributed by atoms with E-state index in [1.54, 1.807) is 0 Å². The SMILES string of the molecule is CC(C)CC(CC(=O)OCC(C)(C)C)C(=O)NC(CC(C)C)C(=O)CC1CONC(=O)C1=O. The van der Waals surface area contributed by atoms with E-state index in [9.17, 15) is 24.0 Å². The number of carbonyl (C=O) groups is 5. The fraction of sp³-hybridized carbons (Fsp3) is 0.792. The Morgan fingerprint density at radius 1 is 1.09 bits per heavy atom. The van der Waals surface area contributed by atoms with Gasteiger partial charge in [-0.05, 0) is 30.1 Å². The number of nitrogens with one attached hydrogen (secondary N) is 2. The van der Waals surface area contributed by atoms with Crippen molar-refractivity contribution in [3.8, 4) is 0 Å². The Kier molecular flexibility index (Phi) is 11.2. The van der Waals surface area contributed by atoms with Crippen molar-refractivity contribution < 1.29 is 33.5 Å². The van der Waals surface area contributed by atoms with Gasteiger partial charge in [-0.3, -0.25) is 28.8 Å². The fourth-order valence-electron chi connectivity index (χ4n) is 3.50. The zero-order chi connectivity index (χ0) is 25.3. The number of ether oxygens (including phenoxy) is 1. The molecule has 0 aromatic carbocycles. The van der Waals surface area contributed by atoms with Gasteiger partial charge in [0.15, 0.2) is 5.78 Å². The molecule has 0 aliphatic carbocycles. The lowest BCUT2D eigenvalue weighted by Gasteiger charge is -2.26. The number of esters is 1. The number of amides is 2. The van der Waals surface area contributed by atoms with Crippen molar-refractivity contribution in [2.75, 3.05) is 13.2 Å². The molecule has 1 rings (SSSR count). The van der Waals surface area contributed by atoms with Crippen LogP contribution in [0.4, 0.5) is 0 Å². The molecule has 1 fully saturated rings. The number of hydrogen-bond donors (Lipinski definition) is 2. The summed E-state index contributed by atoms with van der Waals surface area (Å²) < 4.78 is 5.33. The second kappa shape index (κ2) is 12.8. The molecule has 3 atom stereocenters. The maximum absolute atomic E-state index is 13.1. The number of carbonyl (C=O) groups excluding carboxylic acids is 5. The molecule has 2 amide bonds. The zero-order valence-corrected chi connectivity index (χ0v) is 21.0. The summed E-state index contributed by atoms with van der Waals surface area (Å²) in [6.07, 6.45) is 0.569. The highest BCUT2D eigenvalue weighted by Gasteiger charge is 2.35. The largest absolute Gasteiger partial charge is 0.465 e. The van der Waals surface area contributed by atoms with Gasteiger partial charge in [0, 0.05) is 12.3 Å². The van der Waals surface area contributed by atoms with Crippen molar-refractivity contribution in [3.63, 3.8) is 0 Å². The molecule has 0 bridgehead atoms. The van der Waals surface area contributed by atoms with Crippen molar-refractivity contribution in [1.82, 2.24) is 10.8 Å². The summed E-state index contributed by atoms with van der Waals surface area (Å²) in [6.45, 7) is 13.8. The minimum Gasteiger partial charge on any atom is -0.465 e. The Balaban J connectivity index is 2.88. The van der Waals surface area contributed by atoms with Crippen LogP contribution in [0.5, 0.6) is 0 Å². The summed E-state index contributed by atoms with van der Waals surface area (Å²) in [5.41, 5.74) is 1.80. The normalized spacial score (nSPS) is 18.6. The third kappa shape index (κ3) is 10.9. The molecule has 3 unspecified atom stereocenters. The predicted octanol–water partition coefficient (Wildman–Crippen LogP) is 2.36. The molecule has 1 aliphatic heterocycles. The van der Waals surface area contributed by atoms with Crippen LogP contribution in [-0.2, 0) is 33.5 Å². The molecule has 188 valence electrons. The van der Waals surface area contributed by atoms with E-state index in [0.29, 0.717) is 12.8 Å². The smallest absolute Gasteiger partial charge is 0.311 e. The first kappa shape index (κ1) is 28.7. The van der Waals surface area contributed by atoms with Crippen molar-refractivity contribution in [2.24, 2.45) is 29.1 Å². The Morgan fingerprint density at radius 3 is 2.24 bits per heavy atom. The van der Waals surface area contributed by atoms with Gasteiger partial charge in [0.05, 0.1) is 31.6 Å². The van der Waals surface area contributed by atoms with E-state index < -0.39 is 35.5 Å². The first-order chi connectivity index (χ1) is 15.2. The minimum atomic E-state index is -0.880.